The first-order valence-corrected chi connectivity index (χ1v) is 12.6. The van der Waals surface area contributed by atoms with Crippen LogP contribution >= 0.6 is 45.2 Å². The lowest BCUT2D eigenvalue weighted by molar-refractivity contribution is 1.31. The third-order valence-electron chi connectivity index (χ3n) is 5.20. The fourth-order valence-electron chi connectivity index (χ4n) is 3.58. The standard InChI is InChI=1S/C29H18I2N2/c30-25-10-4-8-23(18-25)27-28(24-9-5-11-26(31)19-24)33-29(32-27)22-16-14-21(15-17-22)13-12-20-6-2-1-3-7-20/h1-11,14-19H,(H,32,33). The van der Waals surface area contributed by atoms with Gasteiger partial charge in [-0.25, -0.2) is 4.98 Å². The van der Waals surface area contributed by atoms with Crippen molar-refractivity contribution < 1.29 is 0 Å². The van der Waals surface area contributed by atoms with Crippen LogP contribution in [0.2, 0.25) is 0 Å². The molecular formula is C29H18I2N2. The highest BCUT2D eigenvalue weighted by molar-refractivity contribution is 14.1. The number of aromatic nitrogens is 2. The van der Waals surface area contributed by atoms with Crippen molar-refractivity contribution in [1.29, 1.82) is 0 Å². The van der Waals surface area contributed by atoms with Gasteiger partial charge >= 0.3 is 0 Å². The molecule has 158 valence electrons. The maximum absolute atomic E-state index is 5.02. The summed E-state index contributed by atoms with van der Waals surface area (Å²) in [5.74, 6) is 7.30. The van der Waals surface area contributed by atoms with Crippen LogP contribution in [0.15, 0.2) is 103 Å². The monoisotopic (exact) mass is 648 g/mol. The lowest BCUT2D eigenvalue weighted by atomic mass is 10.1. The molecule has 0 unspecified atom stereocenters. The number of imidazole rings is 1. The van der Waals surface area contributed by atoms with Crippen molar-refractivity contribution >= 4 is 45.2 Å². The number of benzene rings is 4. The molecule has 0 radical (unpaired) electrons. The molecule has 0 saturated heterocycles. The zero-order valence-electron chi connectivity index (χ0n) is 17.5. The van der Waals surface area contributed by atoms with Gasteiger partial charge in [0.2, 0.25) is 0 Å². The quantitative estimate of drug-likeness (QED) is 0.156. The van der Waals surface area contributed by atoms with Gasteiger partial charge in [-0.3, -0.25) is 0 Å². The minimum absolute atomic E-state index is 0.847. The molecule has 0 amide bonds. The molecule has 5 rings (SSSR count). The predicted octanol–water partition coefficient (Wildman–Crippen LogP) is 8.02. The number of nitrogens with one attached hydrogen (secondary N) is 1. The van der Waals surface area contributed by atoms with Gasteiger partial charge in [0.15, 0.2) is 0 Å². The molecule has 4 heteroatoms. The zero-order chi connectivity index (χ0) is 22.6. The minimum atomic E-state index is 0.847. The zero-order valence-corrected chi connectivity index (χ0v) is 21.8. The maximum Gasteiger partial charge on any atom is 0.138 e. The SMILES string of the molecule is Ic1cccc(-c2nc(-c3ccc(C#Cc4ccccc4)cc3)[nH]c2-c2cccc(I)c2)c1. The van der Waals surface area contributed by atoms with Crippen molar-refractivity contribution in [3.8, 4) is 45.7 Å². The smallest absolute Gasteiger partial charge is 0.138 e. The Hall–Kier alpha value is -2.89. The number of aromatic amines is 1. The Morgan fingerprint density at radius 1 is 0.576 bits per heavy atom. The van der Waals surface area contributed by atoms with Crippen molar-refractivity contribution in [3.05, 3.63) is 121 Å². The Bertz CT molecular complexity index is 1410. The van der Waals surface area contributed by atoms with E-state index >= 15 is 0 Å². The normalized spacial score (nSPS) is 10.5. The molecule has 0 fully saturated rings. The molecule has 0 saturated carbocycles. The maximum atomic E-state index is 5.02. The Labute approximate surface area is 220 Å². The second-order valence-electron chi connectivity index (χ2n) is 7.52. The minimum Gasteiger partial charge on any atom is -0.337 e. The summed E-state index contributed by atoms with van der Waals surface area (Å²) in [4.78, 5) is 8.61. The number of H-pyrrole nitrogens is 1. The van der Waals surface area contributed by atoms with E-state index in [1.165, 1.54) is 7.14 Å². The van der Waals surface area contributed by atoms with Crippen molar-refractivity contribution in [2.45, 2.75) is 0 Å². The lowest BCUT2D eigenvalue weighted by Crippen LogP contribution is -1.85. The second-order valence-corrected chi connectivity index (χ2v) is 10.0. The van der Waals surface area contributed by atoms with Crippen LogP contribution in [0.5, 0.6) is 0 Å². The van der Waals surface area contributed by atoms with E-state index in [0.717, 1.165) is 45.0 Å². The first kappa shape index (κ1) is 21.9. The molecule has 0 atom stereocenters. The summed E-state index contributed by atoms with van der Waals surface area (Å²) in [6.07, 6.45) is 0. The first-order chi connectivity index (χ1) is 16.2. The van der Waals surface area contributed by atoms with Gasteiger partial charge < -0.3 is 4.98 Å². The average Bonchev–Trinajstić information content (AvgIpc) is 3.29. The molecule has 1 heterocycles. The molecule has 33 heavy (non-hydrogen) atoms. The van der Waals surface area contributed by atoms with E-state index in [0.29, 0.717) is 0 Å². The van der Waals surface area contributed by atoms with Crippen molar-refractivity contribution in [3.63, 3.8) is 0 Å². The molecule has 0 aliphatic carbocycles. The van der Waals surface area contributed by atoms with Crippen LogP contribution < -0.4 is 0 Å². The summed E-state index contributed by atoms with van der Waals surface area (Å²) in [5, 5.41) is 0. The highest BCUT2D eigenvalue weighted by Crippen LogP contribution is 2.34. The summed E-state index contributed by atoms with van der Waals surface area (Å²) in [6, 6.07) is 35.2. The van der Waals surface area contributed by atoms with Crippen LogP contribution in [0.3, 0.4) is 0 Å². The van der Waals surface area contributed by atoms with Crippen LogP contribution in [-0.2, 0) is 0 Å². The number of hydrogen-bond donors (Lipinski definition) is 1. The summed E-state index contributed by atoms with van der Waals surface area (Å²) in [5.41, 5.74) is 7.23. The van der Waals surface area contributed by atoms with Gasteiger partial charge in [-0.1, -0.05) is 66.4 Å². The average molecular weight is 648 g/mol. The van der Waals surface area contributed by atoms with E-state index in [1.807, 2.05) is 42.5 Å². The van der Waals surface area contributed by atoms with E-state index in [2.05, 4.69) is 123 Å². The largest absolute Gasteiger partial charge is 0.337 e. The Balaban J connectivity index is 1.53. The molecule has 5 aromatic rings. The van der Waals surface area contributed by atoms with Gasteiger partial charge in [0.05, 0.1) is 11.4 Å². The predicted molar refractivity (Wildman–Crippen MR) is 153 cm³/mol. The topological polar surface area (TPSA) is 28.7 Å². The highest BCUT2D eigenvalue weighted by Gasteiger charge is 2.16. The van der Waals surface area contributed by atoms with Crippen LogP contribution in [0.25, 0.3) is 33.9 Å². The third kappa shape index (κ3) is 5.21. The number of halogens is 2. The number of nitrogens with zero attached hydrogens (tertiary/aromatic N) is 1. The Morgan fingerprint density at radius 3 is 1.85 bits per heavy atom. The molecule has 0 spiro atoms. The van der Waals surface area contributed by atoms with Crippen LogP contribution in [0.1, 0.15) is 11.1 Å². The van der Waals surface area contributed by atoms with Crippen LogP contribution in [-0.4, -0.2) is 9.97 Å². The van der Waals surface area contributed by atoms with E-state index in [4.69, 9.17) is 4.98 Å². The summed E-state index contributed by atoms with van der Waals surface area (Å²) in [6.45, 7) is 0. The molecule has 2 nitrogen and oxygen atoms in total. The molecule has 0 aliphatic heterocycles. The molecule has 1 aromatic heterocycles. The van der Waals surface area contributed by atoms with Gasteiger partial charge in [-0.15, -0.1) is 0 Å². The van der Waals surface area contributed by atoms with E-state index in [9.17, 15) is 0 Å². The summed E-state index contributed by atoms with van der Waals surface area (Å²) >= 11 is 4.70. The van der Waals surface area contributed by atoms with Crippen molar-refractivity contribution in [2.75, 3.05) is 0 Å². The van der Waals surface area contributed by atoms with Crippen LogP contribution in [0, 0.1) is 19.0 Å². The highest BCUT2D eigenvalue weighted by atomic mass is 127. The molecule has 0 aliphatic rings. The van der Waals surface area contributed by atoms with E-state index < -0.39 is 0 Å². The first-order valence-electron chi connectivity index (χ1n) is 10.4. The lowest BCUT2D eigenvalue weighted by Gasteiger charge is -2.04. The number of rotatable bonds is 3. The molecule has 4 aromatic carbocycles. The Morgan fingerprint density at radius 2 is 1.18 bits per heavy atom. The summed E-state index contributed by atoms with van der Waals surface area (Å²) in [7, 11) is 0. The molecule has 1 N–H and O–H groups in total. The van der Waals surface area contributed by atoms with Gasteiger partial charge in [-0.2, -0.15) is 0 Å². The van der Waals surface area contributed by atoms with Gasteiger partial charge in [0.1, 0.15) is 5.82 Å². The third-order valence-corrected chi connectivity index (χ3v) is 6.54. The van der Waals surface area contributed by atoms with Crippen molar-refractivity contribution in [1.82, 2.24) is 9.97 Å². The Kier molecular flexibility index (Phi) is 6.60. The fraction of sp³-hybridized carbons (Fsp3) is 0. The van der Waals surface area contributed by atoms with E-state index in [-0.39, 0.29) is 0 Å². The molecular weight excluding hydrogens is 630 g/mol. The van der Waals surface area contributed by atoms with Crippen molar-refractivity contribution in [2.24, 2.45) is 0 Å². The van der Waals surface area contributed by atoms with E-state index in [1.54, 1.807) is 0 Å². The van der Waals surface area contributed by atoms with Gasteiger partial charge in [-0.05, 0) is 93.7 Å². The number of hydrogen-bond acceptors (Lipinski definition) is 1. The second kappa shape index (κ2) is 9.94. The molecule has 0 bridgehead atoms. The van der Waals surface area contributed by atoms with Gasteiger partial charge in [0.25, 0.3) is 0 Å². The van der Waals surface area contributed by atoms with Gasteiger partial charge in [0, 0.05) is 35.0 Å². The summed E-state index contributed by atoms with van der Waals surface area (Å²) < 4.78 is 2.38. The van der Waals surface area contributed by atoms with Crippen LogP contribution in [0.4, 0.5) is 0 Å². The fourth-order valence-corrected chi connectivity index (χ4v) is 4.67.